The van der Waals surface area contributed by atoms with E-state index < -0.39 is 0 Å². The topological polar surface area (TPSA) is 38.9 Å². The van der Waals surface area contributed by atoms with Gasteiger partial charge in [-0.25, -0.2) is 0 Å². The van der Waals surface area contributed by atoms with Crippen molar-refractivity contribution in [1.29, 1.82) is 0 Å². The molecule has 0 saturated carbocycles. The number of nitrogens with zero attached hydrogens (tertiary/aromatic N) is 12. The molecule has 0 unspecified atom stereocenters. The van der Waals surface area contributed by atoms with Crippen LogP contribution in [0.25, 0.3) is 43.1 Å². The third-order valence-corrected chi connectivity index (χ3v) is 25.4. The van der Waals surface area contributed by atoms with Crippen LogP contribution >= 0.6 is 0 Å². The van der Waals surface area contributed by atoms with Crippen molar-refractivity contribution in [1.82, 2.24) is 0 Å². The van der Waals surface area contributed by atoms with Crippen molar-refractivity contribution in [3.8, 4) is 0 Å². The molecular formula is C114H92N12. The number of hydrogen-bond donors (Lipinski definition) is 0. The van der Waals surface area contributed by atoms with Crippen LogP contribution < -0.4 is 58.8 Å². The van der Waals surface area contributed by atoms with Gasteiger partial charge in [0.1, 0.15) is 0 Å². The van der Waals surface area contributed by atoms with Gasteiger partial charge in [-0.2, -0.15) is 0 Å². The van der Waals surface area contributed by atoms with Crippen LogP contribution in [-0.4, -0.2) is 28.2 Å². The Hall–Kier alpha value is -16.2. The second kappa shape index (κ2) is 31.1. The molecule has 0 spiro atoms. The molecule has 0 N–H and O–H groups in total. The van der Waals surface area contributed by atoms with Crippen LogP contribution in [-0.2, 0) is 0 Å². The van der Waals surface area contributed by atoms with Crippen LogP contribution in [0.4, 0.5) is 114 Å². The number of aryl methyl sites for hydroxylation is 4. The standard InChI is InChI=1S/C58H44N4.C38H28N4.C18H20N4/c1-37-21-29-41(30-22-37)59-53-49-17-9-5-13-45(49)46-14-6-10-18-50(46)54(53)60(42-31-23-38(2)24-32-42)57(59)58-61(43-33-25-39(3)26-34-43)55-51-19-11-7-15-47(51)48-16-8-12-20-52(48)56(55)62(58)44-35-27-40(4)28-36-44;1-5-17-29(18-6-1)39-33-25-13-14-26-34(33)40(30-19-7-2-8-20-30)37(39)38-41(31-21-9-3-10-22-31)35-27-15-16-28-36(35)42(38)32-23-11-4-12-24-32;1-19-13-9-5-6-10-14(13)20(2)17(19)18-21(3)15-11-7-8-12-16(15)22(18)4/h5-36H,1-4H3;1-28H;5-12H,1-4H3. The molecule has 126 heavy (non-hydrogen) atoms. The van der Waals surface area contributed by atoms with Gasteiger partial charge in [-0.15, -0.1) is 0 Å². The number of hydrogen-bond acceptors (Lipinski definition) is 12. The first-order valence-corrected chi connectivity index (χ1v) is 43.2. The van der Waals surface area contributed by atoms with E-state index >= 15 is 0 Å². The number of fused-ring (bicyclic) bond motifs is 16. The maximum Gasteiger partial charge on any atom is 0.166 e. The molecule has 608 valence electrons. The lowest BCUT2D eigenvalue weighted by molar-refractivity contribution is 0.931. The molecular weight excluding hydrogens is 1540 g/mol. The quantitative estimate of drug-likeness (QED) is 0.136. The molecule has 0 radical (unpaired) electrons. The first-order valence-electron chi connectivity index (χ1n) is 43.2. The van der Waals surface area contributed by atoms with Crippen molar-refractivity contribution < 1.29 is 0 Å². The van der Waals surface area contributed by atoms with Crippen molar-refractivity contribution >= 4 is 157 Å². The SMILES string of the molecule is CN1C(=C2N(C)c3ccccc3N2C)N(C)c2ccccc21.Cc1ccc(N2C(=C3N(c4ccc(C)cc4)c4c(c5ccccc5c5ccccc45)N3c3ccc(C)cc3)N(c3ccc(C)cc3)c3c2c2ccccc2c2ccccc32)cc1.c1ccc(N2C(=C3N(c4ccccc4)c4ccccc4N3c3ccccc3)N(c3ccccc3)c3ccccc32)cc1. The van der Waals surface area contributed by atoms with Gasteiger partial charge in [-0.3, -0.25) is 39.2 Å². The summed E-state index contributed by atoms with van der Waals surface area (Å²) >= 11 is 0. The first-order chi connectivity index (χ1) is 61.9. The Morgan fingerprint density at radius 1 is 0.127 bits per heavy atom. The fourth-order valence-electron chi connectivity index (χ4n) is 19.6. The Balaban J connectivity index is 0.000000126. The first kappa shape index (κ1) is 76.0. The third kappa shape index (κ3) is 12.3. The number of anilines is 20. The zero-order valence-electron chi connectivity index (χ0n) is 71.6. The van der Waals surface area contributed by atoms with Gasteiger partial charge in [0.05, 0.1) is 68.2 Å². The maximum atomic E-state index is 2.55. The minimum absolute atomic E-state index is 1.04. The molecule has 0 aromatic heterocycles. The monoisotopic (exact) mass is 1630 g/mol. The highest BCUT2D eigenvalue weighted by Crippen LogP contribution is 2.64. The molecule has 6 aliphatic heterocycles. The van der Waals surface area contributed by atoms with Crippen molar-refractivity contribution in [2.75, 3.05) is 87.0 Å². The van der Waals surface area contributed by atoms with Gasteiger partial charge in [0.2, 0.25) is 0 Å². The predicted molar refractivity (Wildman–Crippen MR) is 531 cm³/mol. The van der Waals surface area contributed by atoms with Crippen LogP contribution in [0.5, 0.6) is 0 Å². The van der Waals surface area contributed by atoms with E-state index in [1.807, 2.05) is 0 Å². The van der Waals surface area contributed by atoms with Gasteiger partial charge in [-0.05, 0) is 195 Å². The summed E-state index contributed by atoms with van der Waals surface area (Å²) in [6.45, 7) is 8.69. The second-order valence-corrected chi connectivity index (χ2v) is 33.1. The highest BCUT2D eigenvalue weighted by atomic mass is 15.5. The summed E-state index contributed by atoms with van der Waals surface area (Å²) in [5.41, 5.74) is 27.7. The average molecular weight is 1630 g/mol. The smallest absolute Gasteiger partial charge is 0.166 e. The molecule has 0 saturated heterocycles. The molecule has 6 aliphatic rings. The second-order valence-electron chi connectivity index (χ2n) is 33.1. The third-order valence-electron chi connectivity index (χ3n) is 25.4. The molecule has 18 aromatic carbocycles. The lowest BCUT2D eigenvalue weighted by atomic mass is 9.97. The molecule has 12 heteroatoms. The molecule has 0 amide bonds. The van der Waals surface area contributed by atoms with Crippen molar-refractivity contribution in [3.05, 3.63) is 470 Å². The molecule has 0 aliphatic carbocycles. The van der Waals surface area contributed by atoms with E-state index in [2.05, 4.69) is 527 Å². The van der Waals surface area contributed by atoms with Gasteiger partial charge in [-0.1, -0.05) is 289 Å². The van der Waals surface area contributed by atoms with Crippen molar-refractivity contribution in [2.24, 2.45) is 0 Å². The minimum Gasteiger partial charge on any atom is -0.326 e. The predicted octanol–water partition coefficient (Wildman–Crippen LogP) is 29.3. The fourth-order valence-corrected chi connectivity index (χ4v) is 19.6. The van der Waals surface area contributed by atoms with Crippen LogP contribution in [0.1, 0.15) is 22.3 Å². The van der Waals surface area contributed by atoms with Gasteiger partial charge >= 0.3 is 0 Å². The fraction of sp³-hybridized carbons (Fsp3) is 0.0702. The lowest BCUT2D eigenvalue weighted by Crippen LogP contribution is -2.34. The Labute approximate surface area is 736 Å². The zero-order valence-corrected chi connectivity index (χ0v) is 71.6. The summed E-state index contributed by atoms with van der Waals surface area (Å²) in [7, 11) is 8.54. The van der Waals surface area contributed by atoms with E-state index in [-0.39, 0.29) is 0 Å². The van der Waals surface area contributed by atoms with Gasteiger partial charge in [0.15, 0.2) is 34.9 Å². The van der Waals surface area contributed by atoms with Gasteiger partial charge in [0, 0.05) is 95.2 Å². The Bertz CT molecular complexity index is 6500. The molecule has 24 rings (SSSR count). The zero-order chi connectivity index (χ0) is 85.0. The number of para-hydroxylation sites is 12. The largest absolute Gasteiger partial charge is 0.326 e. The van der Waals surface area contributed by atoms with Crippen LogP contribution in [0.15, 0.2) is 447 Å². The molecule has 0 atom stereocenters. The highest BCUT2D eigenvalue weighted by molar-refractivity contribution is 6.27. The molecule has 6 heterocycles. The van der Waals surface area contributed by atoms with Crippen molar-refractivity contribution in [2.45, 2.75) is 27.7 Å². The van der Waals surface area contributed by atoms with E-state index in [1.165, 1.54) is 99.7 Å². The van der Waals surface area contributed by atoms with E-state index in [4.69, 9.17) is 0 Å². The Morgan fingerprint density at radius 3 is 0.476 bits per heavy atom. The number of benzene rings is 18. The summed E-state index contributed by atoms with van der Waals surface area (Å²) in [5.74, 6) is 6.58. The summed E-state index contributed by atoms with van der Waals surface area (Å²) in [6.07, 6.45) is 0. The van der Waals surface area contributed by atoms with Crippen LogP contribution in [0, 0.1) is 27.7 Å². The Morgan fingerprint density at radius 2 is 0.278 bits per heavy atom. The maximum absolute atomic E-state index is 2.55. The normalized spacial score (nSPS) is 14.2. The van der Waals surface area contributed by atoms with Gasteiger partial charge < -0.3 is 19.6 Å². The number of rotatable bonds is 8. The summed E-state index contributed by atoms with van der Waals surface area (Å²) in [4.78, 5) is 28.9. The van der Waals surface area contributed by atoms with E-state index in [1.54, 1.807) is 0 Å². The van der Waals surface area contributed by atoms with Crippen molar-refractivity contribution in [3.63, 3.8) is 0 Å². The molecule has 18 aromatic rings. The van der Waals surface area contributed by atoms with Crippen LogP contribution in [0.3, 0.4) is 0 Å². The molecule has 12 nitrogen and oxygen atoms in total. The van der Waals surface area contributed by atoms with Gasteiger partial charge in [0.25, 0.3) is 0 Å². The average Bonchev–Trinajstić information content (AvgIpc) is 1.52. The van der Waals surface area contributed by atoms with E-state index in [0.717, 1.165) is 114 Å². The van der Waals surface area contributed by atoms with E-state index in [0.29, 0.717) is 0 Å². The summed E-state index contributed by atoms with van der Waals surface area (Å²) in [6, 6.07) is 149. The van der Waals surface area contributed by atoms with E-state index in [9.17, 15) is 0 Å². The molecule has 0 bridgehead atoms. The summed E-state index contributed by atoms with van der Waals surface area (Å²) < 4.78 is 0. The lowest BCUT2D eigenvalue weighted by Gasteiger charge is -2.34. The summed E-state index contributed by atoms with van der Waals surface area (Å²) in [5, 5.41) is 9.71. The highest BCUT2D eigenvalue weighted by Gasteiger charge is 2.49. The molecule has 0 fully saturated rings. The van der Waals surface area contributed by atoms with Crippen LogP contribution in [0.2, 0.25) is 0 Å². The Kier molecular flexibility index (Phi) is 18.7. The minimum atomic E-state index is 1.04.